The van der Waals surface area contributed by atoms with E-state index in [9.17, 15) is 29.4 Å². The van der Waals surface area contributed by atoms with Gasteiger partial charge < -0.3 is 25.5 Å². The van der Waals surface area contributed by atoms with Gasteiger partial charge in [-0.05, 0) is 86.6 Å². The fourth-order valence-corrected chi connectivity index (χ4v) is 5.34. The lowest BCUT2D eigenvalue weighted by atomic mass is 10.0. The normalized spacial score (nSPS) is 16.9. The molecule has 0 fully saturated rings. The minimum absolute atomic E-state index is 0.0943. The number of hydrogen-bond acceptors (Lipinski definition) is 4. The molecule has 5 N–H and O–H groups in total. The van der Waals surface area contributed by atoms with E-state index in [0.717, 1.165) is 22.3 Å². The molecule has 0 saturated carbocycles. The number of rotatable bonds is 11. The molecule has 2 aromatic heterocycles. The topological polar surface area (TPSA) is 165 Å². The lowest BCUT2D eigenvalue weighted by Gasteiger charge is -2.02. The Balaban J connectivity index is 1.92. The highest BCUT2D eigenvalue weighted by atomic mass is 16.4. The second kappa shape index (κ2) is 12.3. The molecule has 2 aromatic rings. The minimum atomic E-state index is -0.941. The third-order valence-electron chi connectivity index (χ3n) is 7.87. The van der Waals surface area contributed by atoms with Gasteiger partial charge in [0.25, 0.3) is 11.8 Å². The molecule has 4 rings (SSSR count). The highest BCUT2D eigenvalue weighted by Gasteiger charge is 2.23. The molecule has 2 aliphatic heterocycles. The molecule has 0 atom stereocenters. The highest BCUT2D eigenvalue weighted by molar-refractivity contribution is 6.31. The van der Waals surface area contributed by atoms with Crippen molar-refractivity contribution in [3.8, 4) is 0 Å². The first-order chi connectivity index (χ1) is 20.4. The van der Waals surface area contributed by atoms with Crippen LogP contribution in [0.3, 0.4) is 0 Å². The van der Waals surface area contributed by atoms with Crippen molar-refractivity contribution in [2.45, 2.75) is 53.4 Å². The van der Waals surface area contributed by atoms with Gasteiger partial charge in [0.2, 0.25) is 0 Å². The molecule has 0 aromatic carbocycles. The van der Waals surface area contributed by atoms with Crippen LogP contribution in [-0.4, -0.2) is 49.6 Å². The molecule has 0 unspecified atom stereocenters. The fourth-order valence-electron chi connectivity index (χ4n) is 5.34. The lowest BCUT2D eigenvalue weighted by molar-refractivity contribution is -0.138. The fraction of sp³-hybridized carbons (Fsp3) is 0.242. The van der Waals surface area contributed by atoms with E-state index in [1.54, 1.807) is 32.1 Å². The highest BCUT2D eigenvalue weighted by Crippen LogP contribution is 2.27. The van der Waals surface area contributed by atoms with Crippen molar-refractivity contribution in [1.82, 2.24) is 15.3 Å². The SMILES string of the molecule is C=CC1=C(C)C(/C=c2\[nH]c(=Cc3[nH]c(/C=C4/NC(=O)C(C)=C4C=C)c(C)c3CCC(=O)O)c(CCC(=O)O)c2C)=NC1=O. The number of nitrogens with one attached hydrogen (secondary N) is 3. The Morgan fingerprint density at radius 1 is 0.767 bits per heavy atom. The number of amides is 2. The molecule has 0 aliphatic carbocycles. The molecule has 0 spiro atoms. The van der Waals surface area contributed by atoms with Crippen LogP contribution in [0.5, 0.6) is 0 Å². The molecule has 10 nitrogen and oxygen atoms in total. The van der Waals surface area contributed by atoms with E-state index in [-0.39, 0.29) is 37.5 Å². The van der Waals surface area contributed by atoms with E-state index in [4.69, 9.17) is 0 Å². The van der Waals surface area contributed by atoms with Gasteiger partial charge in [0.15, 0.2) is 0 Å². The number of carbonyl (C=O) groups is 4. The van der Waals surface area contributed by atoms with Crippen LogP contribution >= 0.6 is 0 Å². The number of nitrogens with zero attached hydrogens (tertiary/aromatic N) is 1. The van der Waals surface area contributed by atoms with Crippen LogP contribution in [0.4, 0.5) is 0 Å². The summed E-state index contributed by atoms with van der Waals surface area (Å²) in [5, 5.41) is 23.0. The largest absolute Gasteiger partial charge is 0.481 e. The molecule has 43 heavy (non-hydrogen) atoms. The van der Waals surface area contributed by atoms with E-state index in [2.05, 4.69) is 33.4 Å². The zero-order valence-corrected chi connectivity index (χ0v) is 24.6. The number of carbonyl (C=O) groups excluding carboxylic acids is 2. The van der Waals surface area contributed by atoms with Gasteiger partial charge >= 0.3 is 11.9 Å². The predicted molar refractivity (Wildman–Crippen MR) is 165 cm³/mol. The summed E-state index contributed by atoms with van der Waals surface area (Å²) in [6.45, 7) is 14.8. The first-order valence-electron chi connectivity index (χ1n) is 13.8. The van der Waals surface area contributed by atoms with Crippen molar-refractivity contribution in [2.75, 3.05) is 0 Å². The van der Waals surface area contributed by atoms with E-state index in [1.807, 2.05) is 19.9 Å². The van der Waals surface area contributed by atoms with Crippen LogP contribution in [0, 0.1) is 13.8 Å². The third-order valence-corrected chi connectivity index (χ3v) is 7.87. The number of carboxylic acid groups (broad SMARTS) is 2. The Hall–Kier alpha value is -5.25. The monoisotopic (exact) mass is 582 g/mol. The van der Waals surface area contributed by atoms with Crippen LogP contribution in [0.25, 0.3) is 18.2 Å². The van der Waals surface area contributed by atoms with E-state index < -0.39 is 11.9 Å². The molecule has 10 heteroatoms. The van der Waals surface area contributed by atoms with Gasteiger partial charge in [0.05, 0.1) is 11.4 Å². The van der Waals surface area contributed by atoms with Crippen molar-refractivity contribution >= 4 is 47.7 Å². The number of hydrogen-bond donors (Lipinski definition) is 5. The van der Waals surface area contributed by atoms with Crippen molar-refractivity contribution in [3.05, 3.63) is 97.6 Å². The van der Waals surface area contributed by atoms with E-state index in [1.165, 1.54) is 6.08 Å². The van der Waals surface area contributed by atoms with Gasteiger partial charge in [0, 0.05) is 51.6 Å². The quantitative estimate of drug-likeness (QED) is 0.273. The molecule has 0 radical (unpaired) electrons. The van der Waals surface area contributed by atoms with Crippen LogP contribution in [-0.2, 0) is 32.0 Å². The number of carboxylic acids is 2. The summed E-state index contributed by atoms with van der Waals surface area (Å²) in [7, 11) is 0. The summed E-state index contributed by atoms with van der Waals surface area (Å²) < 4.78 is 0. The smallest absolute Gasteiger partial charge is 0.303 e. The second-order valence-electron chi connectivity index (χ2n) is 10.5. The maximum absolute atomic E-state index is 12.3. The lowest BCUT2D eigenvalue weighted by Crippen LogP contribution is -2.15. The molecule has 222 valence electrons. The van der Waals surface area contributed by atoms with Gasteiger partial charge in [-0.15, -0.1) is 0 Å². The number of aromatic nitrogens is 2. The molecule has 2 amide bonds. The van der Waals surface area contributed by atoms with Gasteiger partial charge in [-0.3, -0.25) is 19.2 Å². The number of H-pyrrole nitrogens is 2. The van der Waals surface area contributed by atoms with Crippen LogP contribution in [0.15, 0.2) is 58.3 Å². The Morgan fingerprint density at radius 2 is 1.40 bits per heavy atom. The molecule has 0 bridgehead atoms. The maximum Gasteiger partial charge on any atom is 0.303 e. The molecular weight excluding hydrogens is 548 g/mol. The first kappa shape index (κ1) is 30.7. The number of aliphatic imine (C=N–C) groups is 1. The Morgan fingerprint density at radius 3 is 1.98 bits per heavy atom. The van der Waals surface area contributed by atoms with E-state index in [0.29, 0.717) is 55.8 Å². The summed E-state index contributed by atoms with van der Waals surface area (Å²) in [5.74, 6) is -2.46. The van der Waals surface area contributed by atoms with Crippen molar-refractivity contribution in [1.29, 1.82) is 0 Å². The summed E-state index contributed by atoms with van der Waals surface area (Å²) in [6, 6.07) is 0. The van der Waals surface area contributed by atoms with Crippen LogP contribution in [0.2, 0.25) is 0 Å². The summed E-state index contributed by atoms with van der Waals surface area (Å²) in [4.78, 5) is 58.4. The van der Waals surface area contributed by atoms with Gasteiger partial charge in [-0.25, -0.2) is 4.99 Å². The van der Waals surface area contributed by atoms with Crippen LogP contribution < -0.4 is 16.0 Å². The average Bonchev–Trinajstić information content (AvgIpc) is 3.59. The third kappa shape index (κ3) is 6.18. The first-order valence-corrected chi connectivity index (χ1v) is 13.8. The number of aromatic amines is 2. The minimum Gasteiger partial charge on any atom is -0.481 e. The van der Waals surface area contributed by atoms with Gasteiger partial charge in [0.1, 0.15) is 0 Å². The maximum atomic E-state index is 12.3. The van der Waals surface area contributed by atoms with Gasteiger partial charge in [-0.2, -0.15) is 0 Å². The summed E-state index contributed by atoms with van der Waals surface area (Å²) in [5.41, 5.74) is 7.97. The van der Waals surface area contributed by atoms with Crippen molar-refractivity contribution in [2.24, 2.45) is 4.99 Å². The summed E-state index contributed by atoms with van der Waals surface area (Å²) in [6.07, 6.45) is 8.80. The number of aliphatic carboxylic acids is 2. The molecule has 4 heterocycles. The zero-order chi connectivity index (χ0) is 31.6. The van der Waals surface area contributed by atoms with Crippen molar-refractivity contribution in [3.63, 3.8) is 0 Å². The summed E-state index contributed by atoms with van der Waals surface area (Å²) >= 11 is 0. The van der Waals surface area contributed by atoms with Gasteiger partial charge in [-0.1, -0.05) is 25.3 Å². The van der Waals surface area contributed by atoms with E-state index >= 15 is 0 Å². The van der Waals surface area contributed by atoms with Crippen molar-refractivity contribution < 1.29 is 29.4 Å². The Kier molecular flexibility index (Phi) is 8.80. The molecule has 0 saturated heterocycles. The molecular formula is C33H34N4O6. The predicted octanol–water partition coefficient (Wildman–Crippen LogP) is 3.06. The standard InChI is InChI=1S/C33H34N4O6/c1-7-20-19(6)32(42)37-27(20)14-25-18(5)23(10-12-31(40)41)29(35-25)15-28-22(9-11-30(38)39)17(4)24(34-28)13-26-16(3)21(8-2)33(43)36-26/h7-8,13-15,34-35H,1-2,9-12H2,3-6H3,(H,37,42)(H,38,39)(H,40,41)/b24-13-,27-14+,28-15?. The average molecular weight is 583 g/mol. The Labute approximate surface area is 248 Å². The zero-order valence-electron chi connectivity index (χ0n) is 24.6. The second-order valence-corrected chi connectivity index (χ2v) is 10.5. The molecule has 2 aliphatic rings. The number of allylic oxidation sites excluding steroid dienone is 2. The van der Waals surface area contributed by atoms with Crippen LogP contribution in [0.1, 0.15) is 60.3 Å². The Bertz CT molecular complexity index is 1860.